The highest BCUT2D eigenvalue weighted by Crippen LogP contribution is 2.28. The van der Waals surface area contributed by atoms with Gasteiger partial charge in [0.2, 0.25) is 5.95 Å². The maximum absolute atomic E-state index is 13.2. The van der Waals surface area contributed by atoms with Gasteiger partial charge in [0.05, 0.1) is 6.54 Å². The van der Waals surface area contributed by atoms with Crippen LogP contribution in [0.1, 0.15) is 44.1 Å². The quantitative estimate of drug-likeness (QED) is 0.685. The average Bonchev–Trinajstić information content (AvgIpc) is 3.24. The number of hydrazone groups is 1. The topological polar surface area (TPSA) is 64.9 Å². The Hall–Kier alpha value is -2.96. The second-order valence-electron chi connectivity index (χ2n) is 7.90. The smallest absolute Gasteiger partial charge is 0.337 e. The number of amides is 2. The van der Waals surface area contributed by atoms with Crippen molar-refractivity contribution in [3.63, 3.8) is 0 Å². The summed E-state index contributed by atoms with van der Waals surface area (Å²) >= 11 is 0. The van der Waals surface area contributed by atoms with E-state index < -0.39 is 0 Å². The molecule has 1 aromatic carbocycles. The normalized spacial score (nSPS) is 19.2. The molecule has 7 heteroatoms. The highest BCUT2D eigenvalue weighted by Gasteiger charge is 2.34. The number of benzene rings is 1. The van der Waals surface area contributed by atoms with Crippen molar-refractivity contribution < 1.29 is 4.79 Å². The lowest BCUT2D eigenvalue weighted by Crippen LogP contribution is -2.52. The van der Waals surface area contributed by atoms with Crippen molar-refractivity contribution in [2.24, 2.45) is 5.10 Å². The van der Waals surface area contributed by atoms with Gasteiger partial charge in [0, 0.05) is 50.2 Å². The Balaban J connectivity index is 1.41. The van der Waals surface area contributed by atoms with Gasteiger partial charge in [0.15, 0.2) is 0 Å². The number of hydrogen-bond acceptors (Lipinski definition) is 5. The summed E-state index contributed by atoms with van der Waals surface area (Å²) in [4.78, 5) is 25.9. The SMILES string of the molecule is CCCCCC1=NN(C(=O)N2CCN(c3ncccn3)CC2)CC1c1ccccc1. The Bertz CT molecular complexity index is 849. The fourth-order valence-corrected chi connectivity index (χ4v) is 4.14. The van der Waals surface area contributed by atoms with Crippen LogP contribution < -0.4 is 4.90 Å². The van der Waals surface area contributed by atoms with E-state index in [-0.39, 0.29) is 11.9 Å². The van der Waals surface area contributed by atoms with Gasteiger partial charge in [-0.15, -0.1) is 0 Å². The molecule has 0 N–H and O–H groups in total. The lowest BCUT2D eigenvalue weighted by molar-refractivity contribution is 0.155. The van der Waals surface area contributed by atoms with Crippen LogP contribution in [0, 0.1) is 0 Å². The molecule has 2 aliphatic heterocycles. The number of aromatic nitrogens is 2. The molecule has 0 saturated carbocycles. The molecule has 30 heavy (non-hydrogen) atoms. The maximum atomic E-state index is 13.2. The van der Waals surface area contributed by atoms with Crippen molar-refractivity contribution in [3.05, 3.63) is 54.4 Å². The second-order valence-corrected chi connectivity index (χ2v) is 7.90. The first kappa shape index (κ1) is 20.3. The Morgan fingerprint density at radius 3 is 2.43 bits per heavy atom. The third kappa shape index (κ3) is 4.61. The summed E-state index contributed by atoms with van der Waals surface area (Å²) in [5, 5.41) is 6.48. The molecule has 1 aromatic heterocycles. The van der Waals surface area contributed by atoms with E-state index in [0.717, 1.165) is 37.6 Å². The van der Waals surface area contributed by atoms with Crippen molar-refractivity contribution in [2.45, 2.75) is 38.5 Å². The first-order chi connectivity index (χ1) is 14.8. The van der Waals surface area contributed by atoms with Gasteiger partial charge in [-0.1, -0.05) is 50.1 Å². The van der Waals surface area contributed by atoms with Crippen LogP contribution in [0.5, 0.6) is 0 Å². The lowest BCUT2D eigenvalue weighted by Gasteiger charge is -2.35. The molecule has 2 amide bonds. The van der Waals surface area contributed by atoms with Crippen LogP contribution in [0.25, 0.3) is 0 Å². The number of hydrogen-bond donors (Lipinski definition) is 0. The van der Waals surface area contributed by atoms with E-state index >= 15 is 0 Å². The van der Waals surface area contributed by atoms with Gasteiger partial charge < -0.3 is 9.80 Å². The van der Waals surface area contributed by atoms with Gasteiger partial charge in [0.1, 0.15) is 0 Å². The number of urea groups is 1. The van der Waals surface area contributed by atoms with Gasteiger partial charge in [-0.05, 0) is 24.5 Å². The summed E-state index contributed by atoms with van der Waals surface area (Å²) < 4.78 is 0. The molecule has 1 unspecified atom stereocenters. The van der Waals surface area contributed by atoms with Crippen LogP contribution in [0.4, 0.5) is 10.7 Å². The lowest BCUT2D eigenvalue weighted by atomic mass is 9.92. The Morgan fingerprint density at radius 2 is 1.73 bits per heavy atom. The number of rotatable bonds is 6. The molecule has 0 aliphatic carbocycles. The predicted molar refractivity (Wildman–Crippen MR) is 119 cm³/mol. The molecule has 0 radical (unpaired) electrons. The van der Waals surface area contributed by atoms with Crippen LogP contribution in [0.15, 0.2) is 53.9 Å². The fraction of sp³-hybridized carbons (Fsp3) is 0.478. The van der Waals surface area contributed by atoms with Crippen LogP contribution in [-0.2, 0) is 0 Å². The van der Waals surface area contributed by atoms with E-state index in [0.29, 0.717) is 19.6 Å². The third-order valence-corrected chi connectivity index (χ3v) is 5.85. The molecular formula is C23H30N6O. The van der Waals surface area contributed by atoms with E-state index in [2.05, 4.69) is 46.1 Å². The highest BCUT2D eigenvalue weighted by atomic mass is 16.2. The third-order valence-electron chi connectivity index (χ3n) is 5.85. The standard InChI is InChI=1S/C23H30N6O/c1-2-3-5-11-21-20(19-9-6-4-7-10-19)18-29(26-21)23(30)28-16-14-27(15-17-28)22-24-12-8-13-25-22/h4,6-10,12-13,20H,2-3,5,11,14-18H2,1H3. The summed E-state index contributed by atoms with van der Waals surface area (Å²) in [7, 11) is 0. The zero-order valence-corrected chi connectivity index (χ0v) is 17.7. The van der Waals surface area contributed by atoms with Crippen molar-refractivity contribution in [3.8, 4) is 0 Å². The zero-order valence-electron chi connectivity index (χ0n) is 17.7. The number of unbranched alkanes of at least 4 members (excludes halogenated alkanes) is 2. The van der Waals surface area contributed by atoms with Crippen LogP contribution in [0.2, 0.25) is 0 Å². The molecule has 0 bridgehead atoms. The fourth-order valence-electron chi connectivity index (χ4n) is 4.14. The number of nitrogens with zero attached hydrogens (tertiary/aromatic N) is 6. The van der Waals surface area contributed by atoms with Crippen molar-refractivity contribution in [1.82, 2.24) is 19.9 Å². The van der Waals surface area contributed by atoms with Crippen molar-refractivity contribution in [1.29, 1.82) is 0 Å². The van der Waals surface area contributed by atoms with E-state index in [4.69, 9.17) is 5.10 Å². The molecule has 158 valence electrons. The van der Waals surface area contributed by atoms with E-state index in [1.54, 1.807) is 17.4 Å². The molecule has 1 atom stereocenters. The summed E-state index contributed by atoms with van der Waals surface area (Å²) in [6.07, 6.45) is 7.96. The van der Waals surface area contributed by atoms with Gasteiger partial charge in [-0.2, -0.15) is 5.10 Å². The molecule has 4 rings (SSSR count). The summed E-state index contributed by atoms with van der Waals surface area (Å²) in [6.45, 7) is 5.62. The van der Waals surface area contributed by atoms with Gasteiger partial charge in [0.25, 0.3) is 0 Å². The van der Waals surface area contributed by atoms with Crippen LogP contribution >= 0.6 is 0 Å². The van der Waals surface area contributed by atoms with E-state index in [9.17, 15) is 4.79 Å². The van der Waals surface area contributed by atoms with Crippen LogP contribution in [0.3, 0.4) is 0 Å². The minimum atomic E-state index is 0.00931. The molecule has 1 saturated heterocycles. The zero-order chi connectivity index (χ0) is 20.8. The van der Waals surface area contributed by atoms with Gasteiger partial charge in [-0.25, -0.2) is 19.8 Å². The number of anilines is 1. The molecular weight excluding hydrogens is 376 g/mol. The van der Waals surface area contributed by atoms with E-state index in [1.807, 2.05) is 17.0 Å². The largest absolute Gasteiger partial charge is 0.340 e. The van der Waals surface area contributed by atoms with Crippen molar-refractivity contribution in [2.75, 3.05) is 37.6 Å². The minimum absolute atomic E-state index is 0.00931. The van der Waals surface area contributed by atoms with Crippen molar-refractivity contribution >= 4 is 17.7 Å². The first-order valence-corrected chi connectivity index (χ1v) is 11.0. The summed E-state index contributed by atoms with van der Waals surface area (Å²) in [5.41, 5.74) is 2.38. The number of piperazine rings is 1. The van der Waals surface area contributed by atoms with Crippen LogP contribution in [-0.4, -0.2) is 64.3 Å². The average molecular weight is 407 g/mol. The molecule has 7 nitrogen and oxygen atoms in total. The first-order valence-electron chi connectivity index (χ1n) is 11.0. The minimum Gasteiger partial charge on any atom is -0.337 e. The van der Waals surface area contributed by atoms with Gasteiger partial charge in [-0.3, -0.25) is 0 Å². The molecule has 1 fully saturated rings. The summed E-state index contributed by atoms with van der Waals surface area (Å²) in [5.74, 6) is 0.928. The predicted octanol–water partition coefficient (Wildman–Crippen LogP) is 3.75. The number of carbonyl (C=O) groups excluding carboxylic acids is 1. The second kappa shape index (κ2) is 9.69. The summed E-state index contributed by atoms with van der Waals surface area (Å²) in [6, 6.07) is 12.3. The van der Waals surface area contributed by atoms with E-state index in [1.165, 1.54) is 18.4 Å². The Morgan fingerprint density at radius 1 is 1.00 bits per heavy atom. The molecule has 3 heterocycles. The Labute approximate surface area is 178 Å². The Kier molecular flexibility index (Phi) is 6.57. The molecule has 2 aliphatic rings. The van der Waals surface area contributed by atoms with Gasteiger partial charge >= 0.3 is 6.03 Å². The highest BCUT2D eigenvalue weighted by molar-refractivity contribution is 5.94. The monoisotopic (exact) mass is 406 g/mol. The number of carbonyl (C=O) groups is 1. The maximum Gasteiger partial charge on any atom is 0.340 e. The molecule has 0 spiro atoms. The molecule has 2 aromatic rings.